The molecule has 0 spiro atoms. The third kappa shape index (κ3) is 3.71. The number of hydrogen-bond donors (Lipinski definition) is 1. The summed E-state index contributed by atoms with van der Waals surface area (Å²) in [5.41, 5.74) is 0.192. The fraction of sp³-hybridized carbons (Fsp3) is 0.933. The lowest BCUT2D eigenvalue weighted by Gasteiger charge is -2.31. The minimum absolute atomic E-state index is 0.192. The van der Waals surface area contributed by atoms with Gasteiger partial charge >= 0.3 is 0 Å². The summed E-state index contributed by atoms with van der Waals surface area (Å²) in [6, 6.07) is 1.38. The van der Waals surface area contributed by atoms with Crippen molar-refractivity contribution in [1.29, 1.82) is 0 Å². The molecule has 2 saturated heterocycles. The average molecular weight is 252 g/mol. The van der Waals surface area contributed by atoms with E-state index in [1.54, 1.807) is 0 Å². The topological polar surface area (TPSA) is 32.3 Å². The molecule has 2 heterocycles. The largest absolute Gasteiger partial charge is 0.345 e. The first-order valence-electron chi connectivity index (χ1n) is 7.33. The van der Waals surface area contributed by atoms with Crippen LogP contribution in [0, 0.1) is 11.3 Å². The minimum atomic E-state index is 0.192. The van der Waals surface area contributed by atoms with Crippen molar-refractivity contribution >= 4 is 5.91 Å². The number of piperidine rings is 1. The van der Waals surface area contributed by atoms with Crippen LogP contribution in [0.15, 0.2) is 0 Å². The van der Waals surface area contributed by atoms with Crippen LogP contribution in [0.1, 0.15) is 52.9 Å². The van der Waals surface area contributed by atoms with Gasteiger partial charge in [-0.15, -0.1) is 0 Å². The van der Waals surface area contributed by atoms with Crippen molar-refractivity contribution in [3.8, 4) is 0 Å². The standard InChI is InChI=1S/C15H28N2O/c1-15(2,3)10-17(4)14(18)9-11-7-12-5-6-13(8-11)16-12/h11-13,16H,5-10H2,1-4H3. The number of carbonyl (C=O) groups is 1. The third-order valence-electron chi connectivity index (χ3n) is 4.17. The maximum absolute atomic E-state index is 12.2. The first-order valence-corrected chi connectivity index (χ1v) is 7.33. The quantitative estimate of drug-likeness (QED) is 0.836. The van der Waals surface area contributed by atoms with Gasteiger partial charge in [0.05, 0.1) is 0 Å². The van der Waals surface area contributed by atoms with Crippen molar-refractivity contribution in [1.82, 2.24) is 10.2 Å². The van der Waals surface area contributed by atoms with Gasteiger partial charge in [-0.2, -0.15) is 0 Å². The molecule has 2 aliphatic rings. The van der Waals surface area contributed by atoms with E-state index in [1.807, 2.05) is 11.9 Å². The van der Waals surface area contributed by atoms with Crippen LogP contribution < -0.4 is 5.32 Å². The van der Waals surface area contributed by atoms with Gasteiger partial charge in [0.25, 0.3) is 0 Å². The van der Waals surface area contributed by atoms with E-state index in [9.17, 15) is 4.79 Å². The Kier molecular flexibility index (Phi) is 4.00. The molecule has 2 aliphatic heterocycles. The Morgan fingerprint density at radius 2 is 1.78 bits per heavy atom. The van der Waals surface area contributed by atoms with Gasteiger partial charge in [-0.05, 0) is 37.0 Å². The second kappa shape index (κ2) is 5.20. The first kappa shape index (κ1) is 13.9. The normalized spacial score (nSPS) is 31.4. The zero-order valence-corrected chi connectivity index (χ0v) is 12.3. The summed E-state index contributed by atoms with van der Waals surface area (Å²) in [6.07, 6.45) is 5.78. The molecule has 2 atom stereocenters. The molecule has 0 aromatic carbocycles. The zero-order chi connectivity index (χ0) is 13.3. The molecule has 2 unspecified atom stereocenters. The predicted molar refractivity (Wildman–Crippen MR) is 74.4 cm³/mol. The van der Waals surface area contributed by atoms with Crippen molar-refractivity contribution in [3.63, 3.8) is 0 Å². The number of nitrogens with one attached hydrogen (secondary N) is 1. The van der Waals surface area contributed by atoms with E-state index in [4.69, 9.17) is 0 Å². The molecule has 3 heteroatoms. The molecule has 0 aromatic rings. The first-order chi connectivity index (χ1) is 8.33. The Hall–Kier alpha value is -0.570. The lowest BCUT2D eigenvalue weighted by Crippen LogP contribution is -2.41. The molecule has 1 N–H and O–H groups in total. The maximum Gasteiger partial charge on any atom is 0.222 e. The second-order valence-electron chi connectivity index (χ2n) is 7.49. The Labute approximate surface area is 111 Å². The highest BCUT2D eigenvalue weighted by Gasteiger charge is 2.34. The summed E-state index contributed by atoms with van der Waals surface area (Å²) in [5, 5.41) is 3.64. The van der Waals surface area contributed by atoms with E-state index < -0.39 is 0 Å². The lowest BCUT2D eigenvalue weighted by molar-refractivity contribution is -0.132. The molecule has 0 aliphatic carbocycles. The van der Waals surface area contributed by atoms with Gasteiger partial charge < -0.3 is 10.2 Å². The van der Waals surface area contributed by atoms with Crippen LogP contribution in [0.3, 0.4) is 0 Å². The highest BCUT2D eigenvalue weighted by atomic mass is 16.2. The van der Waals surface area contributed by atoms with Crippen molar-refractivity contribution < 1.29 is 4.79 Å². The SMILES string of the molecule is CN(CC(C)(C)C)C(=O)CC1CC2CCC(C1)N2. The van der Waals surface area contributed by atoms with Crippen LogP contribution in [0.5, 0.6) is 0 Å². The number of rotatable bonds is 3. The van der Waals surface area contributed by atoms with Gasteiger partial charge in [0.15, 0.2) is 0 Å². The van der Waals surface area contributed by atoms with Gasteiger partial charge in [0.2, 0.25) is 5.91 Å². The molecule has 0 radical (unpaired) electrons. The summed E-state index contributed by atoms with van der Waals surface area (Å²) in [5.74, 6) is 0.940. The van der Waals surface area contributed by atoms with Crippen LogP contribution >= 0.6 is 0 Å². The van der Waals surface area contributed by atoms with E-state index in [1.165, 1.54) is 25.7 Å². The molecule has 18 heavy (non-hydrogen) atoms. The number of fused-ring (bicyclic) bond motifs is 2. The maximum atomic E-state index is 12.2. The van der Waals surface area contributed by atoms with Crippen LogP contribution in [-0.2, 0) is 4.79 Å². The summed E-state index contributed by atoms with van der Waals surface area (Å²) >= 11 is 0. The molecule has 2 rings (SSSR count). The van der Waals surface area contributed by atoms with E-state index >= 15 is 0 Å². The Morgan fingerprint density at radius 1 is 1.22 bits per heavy atom. The number of nitrogens with zero attached hydrogens (tertiary/aromatic N) is 1. The molecule has 0 saturated carbocycles. The molecule has 3 nitrogen and oxygen atoms in total. The number of amides is 1. The van der Waals surface area contributed by atoms with Gasteiger partial charge in [-0.3, -0.25) is 4.79 Å². The molecular weight excluding hydrogens is 224 g/mol. The average Bonchev–Trinajstić information content (AvgIpc) is 2.55. The fourth-order valence-electron chi connectivity index (χ4n) is 3.54. The highest BCUT2D eigenvalue weighted by molar-refractivity contribution is 5.76. The summed E-state index contributed by atoms with van der Waals surface area (Å²) in [4.78, 5) is 14.1. The van der Waals surface area contributed by atoms with Crippen LogP contribution in [-0.4, -0.2) is 36.5 Å². The van der Waals surface area contributed by atoms with Gasteiger partial charge in [0.1, 0.15) is 0 Å². The molecular formula is C15H28N2O. The van der Waals surface area contributed by atoms with E-state index in [-0.39, 0.29) is 5.41 Å². The Morgan fingerprint density at radius 3 is 2.28 bits per heavy atom. The second-order valence-corrected chi connectivity index (χ2v) is 7.49. The summed E-state index contributed by atoms with van der Waals surface area (Å²) in [6.45, 7) is 7.40. The van der Waals surface area contributed by atoms with Crippen LogP contribution in [0.2, 0.25) is 0 Å². The Bertz CT molecular complexity index is 296. The molecule has 2 bridgehead atoms. The highest BCUT2D eigenvalue weighted by Crippen LogP contribution is 2.33. The predicted octanol–water partition coefficient (Wildman–Crippen LogP) is 2.41. The summed E-state index contributed by atoms with van der Waals surface area (Å²) < 4.78 is 0. The Balaban J connectivity index is 1.80. The molecule has 1 amide bonds. The fourth-order valence-corrected chi connectivity index (χ4v) is 3.54. The van der Waals surface area contributed by atoms with E-state index in [2.05, 4.69) is 26.1 Å². The molecule has 104 valence electrons. The number of carbonyl (C=O) groups excluding carboxylic acids is 1. The zero-order valence-electron chi connectivity index (χ0n) is 12.3. The lowest BCUT2D eigenvalue weighted by atomic mass is 9.89. The van der Waals surface area contributed by atoms with Gasteiger partial charge in [-0.1, -0.05) is 20.8 Å². The molecule has 0 aromatic heterocycles. The van der Waals surface area contributed by atoms with Gasteiger partial charge in [0, 0.05) is 32.1 Å². The molecule has 2 fully saturated rings. The van der Waals surface area contributed by atoms with Crippen molar-refractivity contribution in [2.75, 3.05) is 13.6 Å². The monoisotopic (exact) mass is 252 g/mol. The van der Waals surface area contributed by atoms with Crippen molar-refractivity contribution in [3.05, 3.63) is 0 Å². The van der Waals surface area contributed by atoms with E-state index in [0.717, 1.165) is 13.0 Å². The van der Waals surface area contributed by atoms with Crippen LogP contribution in [0.25, 0.3) is 0 Å². The van der Waals surface area contributed by atoms with Crippen molar-refractivity contribution in [2.45, 2.75) is 65.0 Å². The third-order valence-corrected chi connectivity index (χ3v) is 4.17. The van der Waals surface area contributed by atoms with E-state index in [0.29, 0.717) is 23.9 Å². The minimum Gasteiger partial charge on any atom is -0.345 e. The van der Waals surface area contributed by atoms with Gasteiger partial charge in [-0.25, -0.2) is 0 Å². The van der Waals surface area contributed by atoms with Crippen LogP contribution in [0.4, 0.5) is 0 Å². The smallest absolute Gasteiger partial charge is 0.222 e. The van der Waals surface area contributed by atoms with Crippen molar-refractivity contribution in [2.24, 2.45) is 11.3 Å². The summed E-state index contributed by atoms with van der Waals surface area (Å²) in [7, 11) is 1.95. The number of hydrogen-bond acceptors (Lipinski definition) is 2.